The van der Waals surface area contributed by atoms with Crippen LogP contribution in [0.25, 0.3) is 5.69 Å². The fourth-order valence-corrected chi connectivity index (χ4v) is 2.60. The Morgan fingerprint density at radius 2 is 1.92 bits per heavy atom. The van der Waals surface area contributed by atoms with Crippen LogP contribution in [0, 0.1) is 13.8 Å². The molecule has 0 aliphatic heterocycles. The summed E-state index contributed by atoms with van der Waals surface area (Å²) in [6, 6.07) is 15.6. The van der Waals surface area contributed by atoms with E-state index in [9.17, 15) is 4.79 Å². The number of benzene rings is 1. The van der Waals surface area contributed by atoms with Crippen LogP contribution in [0.5, 0.6) is 0 Å². The van der Waals surface area contributed by atoms with Crippen LogP contribution in [0.1, 0.15) is 27.4 Å². The average Bonchev–Trinajstić information content (AvgIpc) is 2.94. The van der Waals surface area contributed by atoms with Crippen LogP contribution in [0.15, 0.2) is 54.7 Å². The van der Waals surface area contributed by atoms with E-state index >= 15 is 0 Å². The fraction of sp³-hybridized carbons (Fsp3) is 0.211. The molecule has 0 radical (unpaired) electrons. The highest BCUT2D eigenvalue weighted by Crippen LogP contribution is 2.13. The number of amides is 1. The second-order valence-electron chi connectivity index (χ2n) is 5.73. The summed E-state index contributed by atoms with van der Waals surface area (Å²) in [4.78, 5) is 16.0. The summed E-state index contributed by atoms with van der Waals surface area (Å²) in [6.07, 6.45) is 2.39. The molecule has 0 bridgehead atoms. The van der Waals surface area contributed by atoms with Gasteiger partial charge >= 0.3 is 0 Å². The van der Waals surface area contributed by atoms with E-state index in [1.807, 2.05) is 18.5 Å². The molecule has 0 aliphatic carbocycles. The molecule has 2 heterocycles. The number of rotatable bonds is 5. The van der Waals surface area contributed by atoms with E-state index in [1.165, 1.54) is 5.56 Å². The zero-order chi connectivity index (χ0) is 16.9. The number of aromatic nitrogens is 3. The number of nitrogens with zero attached hydrogens (tertiary/aromatic N) is 3. The van der Waals surface area contributed by atoms with Gasteiger partial charge in [0.15, 0.2) is 0 Å². The lowest BCUT2D eigenvalue weighted by molar-refractivity contribution is 0.0949. The van der Waals surface area contributed by atoms with Gasteiger partial charge in [-0.2, -0.15) is 5.10 Å². The van der Waals surface area contributed by atoms with E-state index in [2.05, 4.69) is 45.7 Å². The van der Waals surface area contributed by atoms with Crippen molar-refractivity contribution in [1.82, 2.24) is 20.1 Å². The van der Waals surface area contributed by atoms with E-state index in [4.69, 9.17) is 0 Å². The van der Waals surface area contributed by atoms with Crippen molar-refractivity contribution in [2.75, 3.05) is 6.54 Å². The van der Waals surface area contributed by atoms with Crippen LogP contribution in [-0.4, -0.2) is 27.2 Å². The third-order valence-electron chi connectivity index (χ3n) is 3.79. The Kier molecular flexibility index (Phi) is 4.70. The molecule has 0 saturated carbocycles. The van der Waals surface area contributed by atoms with Crippen molar-refractivity contribution in [3.05, 3.63) is 77.4 Å². The van der Waals surface area contributed by atoms with Gasteiger partial charge in [0.2, 0.25) is 0 Å². The number of carbonyl (C=O) groups excluding carboxylic acids is 1. The molecule has 1 N–H and O–H groups in total. The number of nitrogens with one attached hydrogen (secondary N) is 1. The lowest BCUT2D eigenvalue weighted by Crippen LogP contribution is -2.26. The molecule has 5 nitrogen and oxygen atoms in total. The Balaban J connectivity index is 1.57. The third-order valence-corrected chi connectivity index (χ3v) is 3.79. The zero-order valence-corrected chi connectivity index (χ0v) is 13.9. The Labute approximate surface area is 141 Å². The standard InChI is InChI=1S/C19H20N4O/c1-14-13-15(2)23(22-14)17-8-6-16(7-9-17)10-12-21-19(24)18-5-3-4-11-20-18/h3-9,11,13H,10,12H2,1-2H3,(H,21,24). The molecule has 0 saturated heterocycles. The maximum absolute atomic E-state index is 11.9. The van der Waals surface area contributed by atoms with E-state index in [1.54, 1.807) is 24.4 Å². The first-order valence-electron chi connectivity index (χ1n) is 7.95. The molecule has 122 valence electrons. The van der Waals surface area contributed by atoms with E-state index < -0.39 is 0 Å². The maximum Gasteiger partial charge on any atom is 0.269 e. The minimum atomic E-state index is -0.144. The lowest BCUT2D eigenvalue weighted by Gasteiger charge is -2.07. The number of carbonyl (C=O) groups is 1. The number of pyridine rings is 1. The highest BCUT2D eigenvalue weighted by molar-refractivity contribution is 5.92. The van der Waals surface area contributed by atoms with Crippen LogP contribution < -0.4 is 5.32 Å². The van der Waals surface area contributed by atoms with Crippen LogP contribution in [-0.2, 0) is 6.42 Å². The number of hydrogen-bond acceptors (Lipinski definition) is 3. The van der Waals surface area contributed by atoms with Crippen LogP contribution >= 0.6 is 0 Å². The highest BCUT2D eigenvalue weighted by Gasteiger charge is 2.06. The van der Waals surface area contributed by atoms with E-state index in [0.717, 1.165) is 23.5 Å². The van der Waals surface area contributed by atoms with Crippen molar-refractivity contribution in [1.29, 1.82) is 0 Å². The van der Waals surface area contributed by atoms with E-state index in [0.29, 0.717) is 12.2 Å². The molecule has 0 fully saturated rings. The predicted molar refractivity (Wildman–Crippen MR) is 93.3 cm³/mol. The largest absolute Gasteiger partial charge is 0.350 e. The second-order valence-corrected chi connectivity index (χ2v) is 5.73. The molecular formula is C19H20N4O. The summed E-state index contributed by atoms with van der Waals surface area (Å²) < 4.78 is 1.93. The van der Waals surface area contributed by atoms with Gasteiger partial charge in [0.1, 0.15) is 5.69 Å². The third kappa shape index (κ3) is 3.68. The monoisotopic (exact) mass is 320 g/mol. The van der Waals surface area contributed by atoms with Crippen molar-refractivity contribution in [3.63, 3.8) is 0 Å². The van der Waals surface area contributed by atoms with Crippen molar-refractivity contribution >= 4 is 5.91 Å². The fourth-order valence-electron chi connectivity index (χ4n) is 2.60. The number of aryl methyl sites for hydroxylation is 2. The molecule has 24 heavy (non-hydrogen) atoms. The Hall–Kier alpha value is -2.95. The smallest absolute Gasteiger partial charge is 0.269 e. The molecule has 2 aromatic heterocycles. The number of hydrogen-bond donors (Lipinski definition) is 1. The Morgan fingerprint density at radius 1 is 1.12 bits per heavy atom. The van der Waals surface area contributed by atoms with Gasteiger partial charge in [0.05, 0.1) is 11.4 Å². The quantitative estimate of drug-likeness (QED) is 0.786. The van der Waals surface area contributed by atoms with Gasteiger partial charge < -0.3 is 5.32 Å². The summed E-state index contributed by atoms with van der Waals surface area (Å²) in [6.45, 7) is 4.61. The maximum atomic E-state index is 11.9. The highest BCUT2D eigenvalue weighted by atomic mass is 16.1. The van der Waals surface area contributed by atoms with Gasteiger partial charge in [-0.3, -0.25) is 9.78 Å². The minimum Gasteiger partial charge on any atom is -0.350 e. The zero-order valence-electron chi connectivity index (χ0n) is 13.9. The lowest BCUT2D eigenvalue weighted by atomic mass is 10.1. The van der Waals surface area contributed by atoms with E-state index in [-0.39, 0.29) is 5.91 Å². The second kappa shape index (κ2) is 7.08. The van der Waals surface area contributed by atoms with Gasteiger partial charge in [0, 0.05) is 18.4 Å². The van der Waals surface area contributed by atoms with Gasteiger partial charge in [-0.15, -0.1) is 0 Å². The molecule has 0 spiro atoms. The Bertz CT molecular complexity index is 822. The molecule has 3 aromatic rings. The molecule has 5 heteroatoms. The van der Waals surface area contributed by atoms with Gasteiger partial charge in [-0.1, -0.05) is 18.2 Å². The first-order chi connectivity index (χ1) is 11.6. The molecular weight excluding hydrogens is 300 g/mol. The molecule has 1 amide bonds. The average molecular weight is 320 g/mol. The first-order valence-corrected chi connectivity index (χ1v) is 7.95. The SMILES string of the molecule is Cc1cc(C)n(-c2ccc(CCNC(=O)c3ccccn3)cc2)n1. The topological polar surface area (TPSA) is 59.8 Å². The first kappa shape index (κ1) is 15.9. The van der Waals surface area contributed by atoms with Crippen molar-refractivity contribution in [2.45, 2.75) is 20.3 Å². The summed E-state index contributed by atoms with van der Waals surface area (Å²) in [5.41, 5.74) is 4.78. The van der Waals surface area contributed by atoms with Gasteiger partial charge in [-0.25, -0.2) is 4.68 Å². The molecule has 3 rings (SSSR count). The molecule has 1 aromatic carbocycles. The summed E-state index contributed by atoms with van der Waals surface area (Å²) >= 11 is 0. The minimum absolute atomic E-state index is 0.144. The van der Waals surface area contributed by atoms with Crippen LogP contribution in [0.3, 0.4) is 0 Å². The summed E-state index contributed by atoms with van der Waals surface area (Å²) in [7, 11) is 0. The molecule has 0 aliphatic rings. The van der Waals surface area contributed by atoms with Crippen LogP contribution in [0.2, 0.25) is 0 Å². The molecule has 0 atom stereocenters. The summed E-state index contributed by atoms with van der Waals surface area (Å²) in [5, 5.41) is 7.37. The van der Waals surface area contributed by atoms with Crippen LogP contribution in [0.4, 0.5) is 0 Å². The van der Waals surface area contributed by atoms with Crippen molar-refractivity contribution < 1.29 is 4.79 Å². The summed E-state index contributed by atoms with van der Waals surface area (Å²) in [5.74, 6) is -0.144. The van der Waals surface area contributed by atoms with Gasteiger partial charge in [-0.05, 0) is 56.2 Å². The van der Waals surface area contributed by atoms with Crippen molar-refractivity contribution in [2.24, 2.45) is 0 Å². The van der Waals surface area contributed by atoms with Gasteiger partial charge in [0.25, 0.3) is 5.91 Å². The molecule has 0 unspecified atom stereocenters. The Morgan fingerprint density at radius 3 is 2.54 bits per heavy atom. The van der Waals surface area contributed by atoms with Crippen molar-refractivity contribution in [3.8, 4) is 5.69 Å². The normalized spacial score (nSPS) is 10.6. The predicted octanol–water partition coefficient (Wildman–Crippen LogP) is 2.86.